The summed E-state index contributed by atoms with van der Waals surface area (Å²) in [6, 6.07) is 19.8. The lowest BCUT2D eigenvalue weighted by Crippen LogP contribution is -2.61. The number of ketones is 1. The maximum Gasteiger partial charge on any atom is 0.311 e. The summed E-state index contributed by atoms with van der Waals surface area (Å²) in [7, 11) is 4.68. The van der Waals surface area contributed by atoms with Crippen molar-refractivity contribution in [2.24, 2.45) is 17.8 Å². The number of hydrogen-bond donors (Lipinski definition) is 6. The minimum absolute atomic E-state index is 0.0880. The minimum Gasteiger partial charge on any atom is -0.497 e. The molecule has 47 heteroatoms. The highest BCUT2D eigenvalue weighted by Crippen LogP contribution is 2.37. The monoisotopic (exact) mass is 2110 g/mol. The van der Waals surface area contributed by atoms with Crippen molar-refractivity contribution < 1.29 is 150 Å². The van der Waals surface area contributed by atoms with Gasteiger partial charge in [0.2, 0.25) is 70.3 Å². The van der Waals surface area contributed by atoms with Crippen LogP contribution < -0.4 is 50.8 Å². The van der Waals surface area contributed by atoms with E-state index in [0.717, 1.165) is 16.7 Å². The van der Waals surface area contributed by atoms with Gasteiger partial charge in [0, 0.05) is 147 Å². The van der Waals surface area contributed by atoms with E-state index in [2.05, 4.69) is 67.6 Å². The Bertz CT molecular complexity index is 5080. The second-order valence-electron chi connectivity index (χ2n) is 37.4. The Morgan fingerprint density at radius 2 is 0.713 bits per heavy atom. The van der Waals surface area contributed by atoms with Gasteiger partial charge in [-0.15, -0.1) is 15.3 Å². The fourth-order valence-corrected chi connectivity index (χ4v) is 17.7. The van der Waals surface area contributed by atoms with Gasteiger partial charge < -0.3 is 108 Å². The number of benzene rings is 4. The van der Waals surface area contributed by atoms with Gasteiger partial charge in [-0.25, -0.2) is 27.2 Å². The normalized spacial score (nSPS) is 20.9. The molecule has 3 saturated heterocycles. The van der Waals surface area contributed by atoms with Gasteiger partial charge in [0.1, 0.15) is 82.3 Å². The summed E-state index contributed by atoms with van der Waals surface area (Å²) >= 11 is 0. The number of methoxy groups -OCH3 is 3. The molecule has 0 saturated carbocycles. The van der Waals surface area contributed by atoms with Gasteiger partial charge >= 0.3 is 23.9 Å². The van der Waals surface area contributed by atoms with Gasteiger partial charge in [0.05, 0.1) is 117 Å². The van der Waals surface area contributed by atoms with Gasteiger partial charge in [-0.2, -0.15) is 8.78 Å². The van der Waals surface area contributed by atoms with E-state index in [9.17, 15) is 74.7 Å². The highest BCUT2D eigenvalue weighted by atomic mass is 19.2. The summed E-state index contributed by atoms with van der Waals surface area (Å²) in [5.41, 5.74) is 2.27. The summed E-state index contributed by atoms with van der Waals surface area (Å²) in [5.74, 6) is -19.3. The standard InChI is InChI=1S/C103H140F5N15O27/c1-62-93(111-65(4)124)100(147-81(96(62)144-68(7)127)56-121-53-78(115-118-121)71-30-26-34-75(50-71)135-10)141-44-23-17-13-14-20-33-74(130)39-47-138-59-103(114-86(133)37-29-38-87(134)150-99-91(107)89(105)88(104)90(106)92(99)108,60-139-48-40-84(131)109-42-21-15-18-24-45-142-101-94(112-66(5)125)63(2)97(145-69(8)128)82(148-101)57-122-54-79(116-119-122)72-31-27-35-76(51-72)136-11)61-140-49-41-85(132)110-43-22-16-19-25-46-143-102-95(113-67(6)126)64(3)98(146-70(9)129)83(149-102)58-123-55-80(117-120-123)73-32-28-36-77(52-73)137-12/h26-28,30-32,34-36,50-55,62-64,81-83,93-98,100-102H,13-25,29,33,37-49,56-61H2,1-12H3,(H,109,131)(H,110,132)(H,111,124)(H,112,125)(H,113,126)(H,114,133). The third-order valence-corrected chi connectivity index (χ3v) is 25.4. The number of nitrogens with zero attached hydrogens (tertiary/aromatic N) is 9. The average molecular weight is 2120 g/mol. The van der Waals surface area contributed by atoms with Crippen LogP contribution in [0.3, 0.4) is 0 Å². The number of carbonyl (C=O) groups is 11. The Balaban J connectivity index is 0.732. The molecule has 0 aliphatic carbocycles. The van der Waals surface area contributed by atoms with E-state index in [4.69, 9.17) is 71.1 Å². The number of aromatic nitrogens is 9. The van der Waals surface area contributed by atoms with Crippen LogP contribution in [0.1, 0.15) is 191 Å². The van der Waals surface area contributed by atoms with Crippen molar-refractivity contribution in [2.75, 3.05) is 93.9 Å². The number of Topliss-reactive ketones (excluding diaryl/α,β-unsaturated/α-hetero) is 1. The van der Waals surface area contributed by atoms with E-state index >= 15 is 0 Å². The van der Waals surface area contributed by atoms with Crippen molar-refractivity contribution >= 4 is 65.1 Å². The fourth-order valence-electron chi connectivity index (χ4n) is 17.7. The molecule has 0 spiro atoms. The first kappa shape index (κ1) is 119. The van der Waals surface area contributed by atoms with Crippen molar-refractivity contribution in [1.29, 1.82) is 0 Å². The number of rotatable bonds is 64. The van der Waals surface area contributed by atoms with Gasteiger partial charge in [0.25, 0.3) is 0 Å². The van der Waals surface area contributed by atoms with Crippen LogP contribution in [0.2, 0.25) is 0 Å². The molecule has 6 heterocycles. The van der Waals surface area contributed by atoms with Crippen LogP contribution in [0.25, 0.3) is 33.8 Å². The number of carbonyl (C=O) groups excluding carboxylic acids is 11. The molecule has 10 rings (SSSR count). The zero-order chi connectivity index (χ0) is 108. The van der Waals surface area contributed by atoms with Crippen LogP contribution in [0.5, 0.6) is 23.0 Å². The SMILES string of the molecule is COc1cccc(-c2cn(CC3OC(OCCCCCCCC(=O)CCOCC(COCCC(=O)NCCCCCCOC4OC(Cn5cc(-c6cccc(OC)c6)nn5)C(OC(C)=O)C(C)C4NC(C)=O)(COCCC(=O)NCCCCCCOC4OC(Cn5cc(-c6cccc(OC)c6)nn5)C(OC(C)=O)C(C)C4NC(C)=O)NC(=O)CCCC(=O)Oc4c(F)c(F)c(F)c(F)c4F)C(NC(C)=O)C(C)C3OC(C)=O)nn2)c1. The van der Waals surface area contributed by atoms with Crippen molar-refractivity contribution in [1.82, 2.24) is 76.9 Å². The molecule has 3 aliphatic rings. The summed E-state index contributed by atoms with van der Waals surface area (Å²) in [6.45, 7) is 13.0. The molecule has 824 valence electrons. The summed E-state index contributed by atoms with van der Waals surface area (Å²) in [5, 5.41) is 43.3. The van der Waals surface area contributed by atoms with E-state index in [1.165, 1.54) is 41.5 Å². The molecule has 6 N–H and O–H groups in total. The molecule has 150 heavy (non-hydrogen) atoms. The van der Waals surface area contributed by atoms with Crippen LogP contribution in [0.15, 0.2) is 91.4 Å². The van der Waals surface area contributed by atoms with E-state index in [1.807, 2.05) is 75.4 Å². The smallest absolute Gasteiger partial charge is 0.311 e. The van der Waals surface area contributed by atoms with Crippen LogP contribution in [-0.2, 0) is 129 Å². The Hall–Kier alpha value is -12.6. The Morgan fingerprint density at radius 3 is 1.06 bits per heavy atom. The molecule has 3 aromatic heterocycles. The topological polar surface area (TPSA) is 500 Å². The molecule has 7 aromatic rings. The summed E-state index contributed by atoms with van der Waals surface area (Å²) < 4.78 is 171. The van der Waals surface area contributed by atoms with Gasteiger partial charge in [-0.1, -0.05) is 118 Å². The van der Waals surface area contributed by atoms with Gasteiger partial charge in [-0.05, 0) is 81.3 Å². The van der Waals surface area contributed by atoms with Crippen molar-refractivity contribution in [3.63, 3.8) is 0 Å². The molecular formula is C103H140F5N15O27. The molecule has 15 unspecified atom stereocenters. The maximum absolute atomic E-state index is 14.6. The van der Waals surface area contributed by atoms with Crippen molar-refractivity contribution in [3.8, 4) is 56.8 Å². The highest BCUT2D eigenvalue weighted by molar-refractivity contribution is 5.80. The Morgan fingerprint density at radius 1 is 0.380 bits per heavy atom. The van der Waals surface area contributed by atoms with E-state index in [-0.39, 0.29) is 122 Å². The number of ether oxygens (including phenoxy) is 16. The lowest BCUT2D eigenvalue weighted by atomic mass is 9.88. The maximum atomic E-state index is 14.6. The van der Waals surface area contributed by atoms with Gasteiger partial charge in [0.15, 0.2) is 18.9 Å². The highest BCUT2D eigenvalue weighted by Gasteiger charge is 2.51. The number of halogens is 5. The molecule has 4 aromatic carbocycles. The van der Waals surface area contributed by atoms with Crippen molar-refractivity contribution in [2.45, 2.75) is 290 Å². The Labute approximate surface area is 867 Å². The molecule has 15 atom stereocenters. The minimum atomic E-state index is -2.48. The zero-order valence-corrected chi connectivity index (χ0v) is 86.8. The second-order valence-corrected chi connectivity index (χ2v) is 37.4. The fraction of sp³-hybridized carbons (Fsp3) is 0.602. The first-order valence-corrected chi connectivity index (χ1v) is 50.6. The summed E-state index contributed by atoms with van der Waals surface area (Å²) in [6.07, 6.45) is 3.53. The number of nitrogens with one attached hydrogen (secondary N) is 6. The van der Waals surface area contributed by atoms with Crippen LogP contribution in [0.4, 0.5) is 22.0 Å². The number of hydrogen-bond acceptors (Lipinski definition) is 33. The van der Waals surface area contributed by atoms with Crippen LogP contribution >= 0.6 is 0 Å². The summed E-state index contributed by atoms with van der Waals surface area (Å²) in [4.78, 5) is 143. The lowest BCUT2D eigenvalue weighted by Gasteiger charge is -2.45. The first-order valence-electron chi connectivity index (χ1n) is 50.6. The predicted molar refractivity (Wildman–Crippen MR) is 525 cm³/mol. The third-order valence-electron chi connectivity index (χ3n) is 25.4. The van der Waals surface area contributed by atoms with Crippen LogP contribution in [0, 0.1) is 46.8 Å². The zero-order valence-electron chi connectivity index (χ0n) is 86.8. The predicted octanol–water partition coefficient (Wildman–Crippen LogP) is 10.1. The first-order chi connectivity index (χ1) is 72.0. The molecule has 3 aliphatic heterocycles. The van der Waals surface area contributed by atoms with Crippen LogP contribution in [-0.4, -0.2) is 283 Å². The largest absolute Gasteiger partial charge is 0.497 e. The molecule has 6 amide bonds. The number of amides is 6. The quantitative estimate of drug-likeness (QED) is 0.00392. The number of esters is 4. The molecular weight excluding hydrogens is 1970 g/mol. The van der Waals surface area contributed by atoms with E-state index < -0.39 is 212 Å². The molecule has 0 radical (unpaired) electrons. The van der Waals surface area contributed by atoms with Crippen molar-refractivity contribution in [3.05, 3.63) is 120 Å². The average Bonchev–Trinajstić information content (AvgIpc) is 1.07. The van der Waals surface area contributed by atoms with Gasteiger partial charge in [-0.3, -0.25) is 52.7 Å². The second kappa shape index (κ2) is 61.0. The molecule has 3 fully saturated rings. The lowest BCUT2D eigenvalue weighted by molar-refractivity contribution is -0.258. The van der Waals surface area contributed by atoms with E-state index in [0.29, 0.717) is 118 Å². The molecule has 0 bridgehead atoms. The molecule has 42 nitrogen and oxygen atoms in total. The van der Waals surface area contributed by atoms with E-state index in [1.54, 1.807) is 72.2 Å². The number of unbranched alkanes of at least 4 members (excludes halogenated alkanes) is 10. The third kappa shape index (κ3) is 37.8. The Kier molecular flexibility index (Phi) is 48.5.